The maximum Gasteiger partial charge on any atom is 0.336 e. The van der Waals surface area contributed by atoms with Crippen molar-refractivity contribution in [1.29, 1.82) is 0 Å². The van der Waals surface area contributed by atoms with Gasteiger partial charge in [0.05, 0.1) is 5.56 Å². The van der Waals surface area contributed by atoms with E-state index in [0.29, 0.717) is 10.0 Å². The van der Waals surface area contributed by atoms with Gasteiger partial charge in [0, 0.05) is 23.5 Å². The van der Waals surface area contributed by atoms with E-state index in [-0.39, 0.29) is 0 Å². The number of thiophene rings is 1. The summed E-state index contributed by atoms with van der Waals surface area (Å²) in [7, 11) is 0. The summed E-state index contributed by atoms with van der Waals surface area (Å²) in [5, 5.41) is 12.0. The van der Waals surface area contributed by atoms with E-state index in [1.165, 1.54) is 0 Å². The van der Waals surface area contributed by atoms with Crippen molar-refractivity contribution in [3.05, 3.63) is 31.1 Å². The Morgan fingerprint density at radius 2 is 2.21 bits per heavy atom. The molecule has 0 bridgehead atoms. The van der Waals surface area contributed by atoms with Crippen molar-refractivity contribution in [3.8, 4) is 0 Å². The fourth-order valence-corrected chi connectivity index (χ4v) is 3.70. The number of benzene rings is 1. The molecule has 0 saturated carbocycles. The highest BCUT2D eigenvalue weighted by Crippen LogP contribution is 2.32. The lowest BCUT2D eigenvalue weighted by atomic mass is 10.2. The van der Waals surface area contributed by atoms with Gasteiger partial charge in [-0.25, -0.2) is 4.79 Å². The van der Waals surface area contributed by atoms with Gasteiger partial charge in [-0.2, -0.15) is 0 Å². The van der Waals surface area contributed by atoms with E-state index in [1.54, 1.807) is 17.4 Å². The number of carbonyl (C=O) groups is 1. The number of fused-ring (bicyclic) bond motifs is 1. The second-order valence-corrected chi connectivity index (χ2v) is 5.64. The van der Waals surface area contributed by atoms with Crippen molar-refractivity contribution >= 4 is 65.9 Å². The Labute approximate surface area is 106 Å². The molecule has 1 heterocycles. The third kappa shape index (κ3) is 1.68. The predicted octanol–water partition coefficient (Wildman–Crippen LogP) is 3.97. The van der Waals surface area contributed by atoms with Crippen LogP contribution in [0.15, 0.2) is 22.0 Å². The maximum absolute atomic E-state index is 10.9. The lowest BCUT2D eigenvalue weighted by Gasteiger charge is -1.99. The first-order chi connectivity index (χ1) is 6.59. The molecule has 0 aliphatic heterocycles. The van der Waals surface area contributed by atoms with E-state index in [1.807, 2.05) is 11.4 Å². The zero-order valence-corrected chi connectivity index (χ0v) is 11.3. The maximum atomic E-state index is 10.9. The van der Waals surface area contributed by atoms with Gasteiger partial charge in [0.25, 0.3) is 0 Å². The van der Waals surface area contributed by atoms with Gasteiger partial charge in [0.15, 0.2) is 0 Å². The third-order valence-electron chi connectivity index (χ3n) is 1.85. The normalized spacial score (nSPS) is 10.7. The summed E-state index contributed by atoms with van der Waals surface area (Å²) >= 11 is 7.08. The van der Waals surface area contributed by atoms with Crippen LogP contribution in [0.4, 0.5) is 0 Å². The van der Waals surface area contributed by atoms with Crippen LogP contribution in [-0.4, -0.2) is 11.1 Å². The van der Waals surface area contributed by atoms with Crippen molar-refractivity contribution in [3.63, 3.8) is 0 Å². The molecule has 1 aromatic carbocycles. The summed E-state index contributed by atoms with van der Waals surface area (Å²) in [5.41, 5.74) is 0.314. The van der Waals surface area contributed by atoms with Gasteiger partial charge >= 0.3 is 5.97 Å². The number of halogens is 2. The van der Waals surface area contributed by atoms with Gasteiger partial charge in [-0.05, 0) is 50.7 Å². The average molecular weight is 383 g/mol. The van der Waals surface area contributed by atoms with E-state index >= 15 is 0 Å². The van der Waals surface area contributed by atoms with Crippen LogP contribution in [0.25, 0.3) is 10.1 Å². The molecular weight excluding hydrogens is 379 g/mol. The Balaban J connectivity index is 2.80. The molecule has 0 fully saturated rings. The Morgan fingerprint density at radius 1 is 1.50 bits per heavy atom. The summed E-state index contributed by atoms with van der Waals surface area (Å²) in [6, 6.07) is 3.56. The Hall–Kier alpha value is -0.140. The minimum Gasteiger partial charge on any atom is -0.478 e. The van der Waals surface area contributed by atoms with Crippen molar-refractivity contribution in [1.82, 2.24) is 0 Å². The highest BCUT2D eigenvalue weighted by Gasteiger charge is 2.11. The number of rotatable bonds is 1. The molecule has 72 valence electrons. The van der Waals surface area contributed by atoms with Crippen molar-refractivity contribution in [2.24, 2.45) is 0 Å². The number of carboxylic acid groups (broad SMARTS) is 1. The topological polar surface area (TPSA) is 37.3 Å². The SMILES string of the molecule is O=C(O)c1cc2c(I)csc2cc1Br. The highest BCUT2D eigenvalue weighted by atomic mass is 127. The van der Waals surface area contributed by atoms with Crippen LogP contribution in [0.1, 0.15) is 10.4 Å². The van der Waals surface area contributed by atoms with E-state index in [4.69, 9.17) is 5.11 Å². The zero-order chi connectivity index (χ0) is 10.3. The molecule has 0 radical (unpaired) electrons. The van der Waals surface area contributed by atoms with Gasteiger partial charge in [-0.3, -0.25) is 0 Å². The quantitative estimate of drug-likeness (QED) is 0.758. The molecule has 0 spiro atoms. The highest BCUT2D eigenvalue weighted by molar-refractivity contribution is 14.1. The van der Waals surface area contributed by atoms with Crippen LogP contribution in [0.5, 0.6) is 0 Å². The van der Waals surface area contributed by atoms with E-state index in [9.17, 15) is 4.79 Å². The average Bonchev–Trinajstić information content (AvgIpc) is 2.46. The zero-order valence-electron chi connectivity index (χ0n) is 6.75. The number of hydrogen-bond donors (Lipinski definition) is 1. The first-order valence-corrected chi connectivity index (χ1v) is 6.44. The van der Waals surface area contributed by atoms with Crippen molar-refractivity contribution in [2.45, 2.75) is 0 Å². The van der Waals surface area contributed by atoms with Crippen LogP contribution in [0.3, 0.4) is 0 Å². The summed E-state index contributed by atoms with van der Waals surface area (Å²) in [6.07, 6.45) is 0. The van der Waals surface area contributed by atoms with Crippen molar-refractivity contribution in [2.75, 3.05) is 0 Å². The molecule has 14 heavy (non-hydrogen) atoms. The molecule has 0 amide bonds. The summed E-state index contributed by atoms with van der Waals surface area (Å²) < 4.78 is 2.83. The van der Waals surface area contributed by atoms with E-state index < -0.39 is 5.97 Å². The molecule has 0 unspecified atom stereocenters. The van der Waals surface area contributed by atoms with Crippen LogP contribution in [-0.2, 0) is 0 Å². The van der Waals surface area contributed by atoms with Gasteiger partial charge in [-0.1, -0.05) is 0 Å². The summed E-state index contributed by atoms with van der Waals surface area (Å²) in [5.74, 6) is -0.902. The Bertz CT molecular complexity index is 521. The van der Waals surface area contributed by atoms with Crippen molar-refractivity contribution < 1.29 is 9.90 Å². The largest absolute Gasteiger partial charge is 0.478 e. The molecule has 1 aromatic heterocycles. The molecule has 2 rings (SSSR count). The third-order valence-corrected chi connectivity index (χ3v) is 4.76. The monoisotopic (exact) mass is 382 g/mol. The molecule has 2 aromatic rings. The van der Waals surface area contributed by atoms with Gasteiger partial charge < -0.3 is 5.11 Å². The van der Waals surface area contributed by atoms with E-state index in [2.05, 4.69) is 38.5 Å². The molecule has 0 aliphatic carbocycles. The number of carboxylic acids is 1. The standard InChI is InChI=1S/C9H4BrIO2S/c10-6-2-8-5(7(11)3-14-8)1-4(6)9(12)13/h1-3H,(H,12,13). The van der Waals surface area contributed by atoms with Gasteiger partial charge in [0.1, 0.15) is 0 Å². The molecule has 0 atom stereocenters. The lowest BCUT2D eigenvalue weighted by molar-refractivity contribution is 0.0696. The van der Waals surface area contributed by atoms with Crippen LogP contribution in [0, 0.1) is 3.57 Å². The second-order valence-electron chi connectivity index (χ2n) is 2.72. The van der Waals surface area contributed by atoms with Gasteiger partial charge in [0.2, 0.25) is 0 Å². The molecule has 1 N–H and O–H groups in total. The van der Waals surface area contributed by atoms with E-state index in [0.717, 1.165) is 13.7 Å². The fraction of sp³-hybridized carbons (Fsp3) is 0. The minimum absolute atomic E-state index is 0.314. The number of aromatic carboxylic acids is 1. The lowest BCUT2D eigenvalue weighted by Crippen LogP contribution is -1.96. The molecule has 5 heteroatoms. The first-order valence-electron chi connectivity index (χ1n) is 3.69. The molecule has 0 aliphatic rings. The predicted molar refractivity (Wildman–Crippen MR) is 69.2 cm³/mol. The molecule has 0 saturated heterocycles. The second kappa shape index (κ2) is 3.79. The van der Waals surface area contributed by atoms with Crippen LogP contribution < -0.4 is 0 Å². The Kier molecular flexibility index (Phi) is 2.81. The molecule has 2 nitrogen and oxygen atoms in total. The molecular formula is C9H4BrIO2S. The van der Waals surface area contributed by atoms with Gasteiger partial charge in [-0.15, -0.1) is 11.3 Å². The first kappa shape index (κ1) is 10.4. The van der Waals surface area contributed by atoms with Crippen LogP contribution >= 0.6 is 49.9 Å². The summed E-state index contributed by atoms with van der Waals surface area (Å²) in [4.78, 5) is 10.9. The number of hydrogen-bond acceptors (Lipinski definition) is 2. The Morgan fingerprint density at radius 3 is 2.86 bits per heavy atom. The fourth-order valence-electron chi connectivity index (χ4n) is 1.18. The minimum atomic E-state index is -0.902. The smallest absolute Gasteiger partial charge is 0.336 e. The van der Waals surface area contributed by atoms with Crippen LogP contribution in [0.2, 0.25) is 0 Å². The summed E-state index contributed by atoms with van der Waals surface area (Å²) in [6.45, 7) is 0.